The highest BCUT2D eigenvalue weighted by Crippen LogP contribution is 2.52. The van der Waals surface area contributed by atoms with Gasteiger partial charge in [0.15, 0.2) is 0 Å². The van der Waals surface area contributed by atoms with Crippen LogP contribution in [0.4, 0.5) is 0 Å². The summed E-state index contributed by atoms with van der Waals surface area (Å²) >= 11 is 0. The SMILES string of the molecule is CCCCCC(CCCC)(CCCC)/C(=C(\c1ccccc1)c1ccc(OCCN(C)C)cc1)c1ccccc1. The Labute approximate surface area is 245 Å². The lowest BCUT2D eigenvalue weighted by Crippen LogP contribution is -2.25. The number of hydrogen-bond donors (Lipinski definition) is 0. The molecule has 2 nitrogen and oxygen atoms in total. The Morgan fingerprint density at radius 3 is 1.62 bits per heavy atom. The van der Waals surface area contributed by atoms with Gasteiger partial charge in [0, 0.05) is 6.54 Å². The fourth-order valence-corrected chi connectivity index (χ4v) is 5.94. The molecule has 0 radical (unpaired) electrons. The van der Waals surface area contributed by atoms with Crippen LogP contribution in [0.3, 0.4) is 0 Å². The Kier molecular flexibility index (Phi) is 13.5. The van der Waals surface area contributed by atoms with Crippen molar-refractivity contribution in [2.24, 2.45) is 5.41 Å². The van der Waals surface area contributed by atoms with Crippen molar-refractivity contribution in [2.75, 3.05) is 27.2 Å². The molecule has 0 saturated carbocycles. The molecular weight excluding hydrogens is 486 g/mol. The summed E-state index contributed by atoms with van der Waals surface area (Å²) < 4.78 is 6.08. The van der Waals surface area contributed by atoms with Gasteiger partial charge in [-0.05, 0) is 78.7 Å². The first-order chi connectivity index (χ1) is 19.5. The van der Waals surface area contributed by atoms with Gasteiger partial charge in [-0.25, -0.2) is 0 Å². The molecule has 3 aromatic rings. The van der Waals surface area contributed by atoms with Gasteiger partial charge in [-0.15, -0.1) is 0 Å². The molecule has 0 atom stereocenters. The lowest BCUT2D eigenvalue weighted by molar-refractivity contribution is 0.261. The fraction of sp³-hybridized carbons (Fsp3) is 0.474. The third-order valence-corrected chi connectivity index (χ3v) is 8.13. The van der Waals surface area contributed by atoms with Crippen molar-refractivity contribution in [3.8, 4) is 5.75 Å². The normalized spacial score (nSPS) is 12.4. The Morgan fingerprint density at radius 1 is 0.600 bits per heavy atom. The monoisotopic (exact) mass is 539 g/mol. The lowest BCUT2D eigenvalue weighted by atomic mass is 9.64. The second kappa shape index (κ2) is 17.1. The Morgan fingerprint density at radius 2 is 1.10 bits per heavy atom. The van der Waals surface area contributed by atoms with E-state index in [2.05, 4.69) is 125 Å². The van der Waals surface area contributed by atoms with Gasteiger partial charge >= 0.3 is 0 Å². The maximum absolute atomic E-state index is 6.08. The van der Waals surface area contributed by atoms with E-state index in [9.17, 15) is 0 Å². The van der Waals surface area contributed by atoms with Crippen LogP contribution in [-0.2, 0) is 0 Å². The zero-order valence-corrected chi connectivity index (χ0v) is 25.9. The van der Waals surface area contributed by atoms with E-state index < -0.39 is 0 Å². The fourth-order valence-electron chi connectivity index (χ4n) is 5.94. The van der Waals surface area contributed by atoms with E-state index in [1.807, 2.05) is 0 Å². The molecule has 0 aliphatic rings. The molecule has 0 unspecified atom stereocenters. The summed E-state index contributed by atoms with van der Waals surface area (Å²) in [4.78, 5) is 2.15. The second-order valence-electron chi connectivity index (χ2n) is 11.6. The zero-order valence-electron chi connectivity index (χ0n) is 25.9. The molecule has 0 saturated heterocycles. The third-order valence-electron chi connectivity index (χ3n) is 8.13. The standard InChI is InChI=1S/C38H53NO/c1-6-9-18-29-38(27-10-7-2,28-11-8-3)37(34-21-16-13-17-22-34)36(32-19-14-12-15-20-32)33-23-25-35(26-24-33)40-31-30-39(4)5/h12-17,19-26H,6-11,18,27-31H2,1-5H3/b37-36+. The minimum Gasteiger partial charge on any atom is -0.492 e. The summed E-state index contributed by atoms with van der Waals surface area (Å²) in [5.74, 6) is 0.936. The van der Waals surface area contributed by atoms with Crippen molar-refractivity contribution in [3.63, 3.8) is 0 Å². The van der Waals surface area contributed by atoms with E-state index in [-0.39, 0.29) is 5.41 Å². The van der Waals surface area contributed by atoms with Gasteiger partial charge in [-0.3, -0.25) is 0 Å². The number of hydrogen-bond acceptors (Lipinski definition) is 2. The molecule has 0 heterocycles. The lowest BCUT2D eigenvalue weighted by Gasteiger charge is -2.40. The van der Waals surface area contributed by atoms with Gasteiger partial charge in [-0.2, -0.15) is 0 Å². The number of likely N-dealkylation sites (N-methyl/N-ethyl adjacent to an activating group) is 1. The number of rotatable bonds is 18. The van der Waals surface area contributed by atoms with Crippen molar-refractivity contribution in [1.29, 1.82) is 0 Å². The maximum Gasteiger partial charge on any atom is 0.119 e. The zero-order chi connectivity index (χ0) is 28.6. The smallest absolute Gasteiger partial charge is 0.119 e. The van der Waals surface area contributed by atoms with E-state index in [1.54, 1.807) is 5.57 Å². The number of benzene rings is 3. The molecule has 0 aliphatic heterocycles. The van der Waals surface area contributed by atoms with Gasteiger partial charge in [0.05, 0.1) is 0 Å². The molecule has 0 bridgehead atoms. The minimum absolute atomic E-state index is 0.134. The topological polar surface area (TPSA) is 12.5 Å². The first-order valence-corrected chi connectivity index (χ1v) is 15.8. The van der Waals surface area contributed by atoms with Crippen LogP contribution in [0, 0.1) is 5.41 Å². The van der Waals surface area contributed by atoms with Crippen LogP contribution in [0.15, 0.2) is 84.9 Å². The van der Waals surface area contributed by atoms with Gasteiger partial charge in [0.2, 0.25) is 0 Å². The van der Waals surface area contributed by atoms with E-state index >= 15 is 0 Å². The van der Waals surface area contributed by atoms with Gasteiger partial charge < -0.3 is 9.64 Å². The predicted octanol–water partition coefficient (Wildman–Crippen LogP) is 10.5. The predicted molar refractivity (Wildman–Crippen MR) is 175 cm³/mol. The summed E-state index contributed by atoms with van der Waals surface area (Å²) in [7, 11) is 4.16. The van der Waals surface area contributed by atoms with Crippen LogP contribution >= 0.6 is 0 Å². The molecule has 0 amide bonds. The molecule has 0 spiro atoms. The molecule has 0 aliphatic carbocycles. The number of ether oxygens (including phenoxy) is 1. The van der Waals surface area contributed by atoms with Crippen molar-refractivity contribution < 1.29 is 4.74 Å². The van der Waals surface area contributed by atoms with E-state index in [1.165, 1.54) is 86.5 Å². The molecule has 3 rings (SSSR count). The summed E-state index contributed by atoms with van der Waals surface area (Å²) in [6, 6.07) is 31.3. The molecule has 0 fully saturated rings. The minimum atomic E-state index is 0.134. The van der Waals surface area contributed by atoms with Crippen LogP contribution in [-0.4, -0.2) is 32.1 Å². The van der Waals surface area contributed by atoms with Gasteiger partial charge in [0.25, 0.3) is 0 Å². The first-order valence-electron chi connectivity index (χ1n) is 15.8. The highest BCUT2D eigenvalue weighted by Gasteiger charge is 2.36. The first kappa shape index (κ1) is 31.7. The van der Waals surface area contributed by atoms with Gasteiger partial charge in [-0.1, -0.05) is 139 Å². The Bertz CT molecular complexity index is 1110. The van der Waals surface area contributed by atoms with E-state index in [0.717, 1.165) is 12.3 Å². The summed E-state index contributed by atoms with van der Waals surface area (Å²) in [6.07, 6.45) is 12.5. The Balaban J connectivity index is 2.28. The molecule has 2 heteroatoms. The maximum atomic E-state index is 6.08. The van der Waals surface area contributed by atoms with Crippen LogP contribution in [0.5, 0.6) is 5.75 Å². The summed E-state index contributed by atoms with van der Waals surface area (Å²) in [5, 5.41) is 0. The summed E-state index contributed by atoms with van der Waals surface area (Å²) in [6.45, 7) is 8.61. The molecule has 0 aromatic heterocycles. The van der Waals surface area contributed by atoms with E-state index in [0.29, 0.717) is 6.61 Å². The number of allylic oxidation sites excluding steroid dienone is 1. The Hall–Kier alpha value is -2.84. The third kappa shape index (κ3) is 9.10. The molecule has 216 valence electrons. The van der Waals surface area contributed by atoms with Crippen LogP contribution < -0.4 is 4.74 Å². The average molecular weight is 540 g/mol. The highest BCUT2D eigenvalue weighted by atomic mass is 16.5. The largest absolute Gasteiger partial charge is 0.492 e. The molecular formula is C38H53NO. The number of unbranched alkanes of at least 4 members (excludes halogenated alkanes) is 4. The van der Waals surface area contributed by atoms with Gasteiger partial charge in [0.1, 0.15) is 12.4 Å². The average Bonchev–Trinajstić information content (AvgIpc) is 2.98. The molecule has 0 N–H and O–H groups in total. The van der Waals surface area contributed by atoms with Crippen LogP contribution in [0.2, 0.25) is 0 Å². The highest BCUT2D eigenvalue weighted by molar-refractivity contribution is 6.00. The molecule has 3 aromatic carbocycles. The van der Waals surface area contributed by atoms with Crippen molar-refractivity contribution in [2.45, 2.75) is 85.0 Å². The van der Waals surface area contributed by atoms with Crippen LogP contribution in [0.1, 0.15) is 102 Å². The van der Waals surface area contributed by atoms with Crippen molar-refractivity contribution >= 4 is 11.1 Å². The molecule has 40 heavy (non-hydrogen) atoms. The quantitative estimate of drug-likeness (QED) is 0.118. The van der Waals surface area contributed by atoms with Crippen molar-refractivity contribution in [3.05, 3.63) is 102 Å². The van der Waals surface area contributed by atoms with E-state index in [4.69, 9.17) is 4.74 Å². The second-order valence-corrected chi connectivity index (χ2v) is 11.6. The van der Waals surface area contributed by atoms with Crippen molar-refractivity contribution in [1.82, 2.24) is 4.90 Å². The van der Waals surface area contributed by atoms with Crippen LogP contribution in [0.25, 0.3) is 11.1 Å². The summed E-state index contributed by atoms with van der Waals surface area (Å²) in [5.41, 5.74) is 7.01. The number of nitrogens with zero attached hydrogens (tertiary/aromatic N) is 1.